The second-order valence-corrected chi connectivity index (χ2v) is 6.11. The zero-order chi connectivity index (χ0) is 15.2. The predicted octanol–water partition coefficient (Wildman–Crippen LogP) is 0.811. The fourth-order valence-corrected chi connectivity index (χ4v) is 3.35. The van der Waals surface area contributed by atoms with Crippen LogP contribution in [0.1, 0.15) is 12.5 Å². The highest BCUT2D eigenvalue weighted by atomic mass is 32.2. The molecule has 1 aromatic rings. The average molecular weight is 302 g/mol. The van der Waals surface area contributed by atoms with Crippen molar-refractivity contribution < 1.29 is 17.9 Å². The van der Waals surface area contributed by atoms with Gasteiger partial charge in [-0.15, -0.1) is 0 Å². The molecule has 0 fully saturated rings. The topological polar surface area (TPSA) is 81.9 Å². The van der Waals surface area contributed by atoms with Crippen LogP contribution in [0, 0.1) is 0 Å². The minimum absolute atomic E-state index is 0.219. The van der Waals surface area contributed by atoms with E-state index in [1.807, 2.05) is 0 Å². The minimum atomic E-state index is -3.54. The Morgan fingerprint density at radius 3 is 2.50 bits per heavy atom. The minimum Gasteiger partial charge on any atom is -0.496 e. The molecule has 7 heteroatoms. The van der Waals surface area contributed by atoms with Crippen molar-refractivity contribution in [2.45, 2.75) is 18.4 Å². The number of nitrogens with zero attached hydrogens (tertiary/aromatic N) is 1. The van der Waals surface area contributed by atoms with Crippen molar-refractivity contribution in [3.05, 3.63) is 23.8 Å². The predicted molar refractivity (Wildman–Crippen MR) is 77.2 cm³/mol. The highest BCUT2D eigenvalue weighted by molar-refractivity contribution is 7.89. The van der Waals surface area contributed by atoms with E-state index in [0.29, 0.717) is 31.0 Å². The van der Waals surface area contributed by atoms with Crippen molar-refractivity contribution in [1.29, 1.82) is 0 Å². The third-order valence-electron chi connectivity index (χ3n) is 3.01. The number of methoxy groups -OCH3 is 2. The Bertz CT molecular complexity index is 531. The fraction of sp³-hybridized carbons (Fsp3) is 0.538. The van der Waals surface area contributed by atoms with Crippen molar-refractivity contribution in [2.24, 2.45) is 5.73 Å². The maximum atomic E-state index is 12.5. The third-order valence-corrected chi connectivity index (χ3v) is 4.98. The van der Waals surface area contributed by atoms with Gasteiger partial charge in [-0.25, -0.2) is 8.42 Å². The molecule has 0 unspecified atom stereocenters. The third kappa shape index (κ3) is 3.69. The fourth-order valence-electron chi connectivity index (χ4n) is 1.87. The Hall–Kier alpha value is -1.15. The quantitative estimate of drug-likeness (QED) is 0.768. The lowest BCUT2D eigenvalue weighted by Gasteiger charge is -2.20. The zero-order valence-electron chi connectivity index (χ0n) is 12.1. The van der Waals surface area contributed by atoms with E-state index >= 15 is 0 Å². The van der Waals surface area contributed by atoms with Gasteiger partial charge in [-0.1, -0.05) is 6.92 Å². The van der Waals surface area contributed by atoms with Crippen molar-refractivity contribution >= 4 is 10.0 Å². The number of rotatable bonds is 8. The number of nitrogens with two attached hydrogens (primary N) is 1. The number of hydrogen-bond acceptors (Lipinski definition) is 5. The molecule has 20 heavy (non-hydrogen) atoms. The van der Waals surface area contributed by atoms with E-state index in [9.17, 15) is 8.42 Å². The smallest absolute Gasteiger partial charge is 0.243 e. The summed E-state index contributed by atoms with van der Waals surface area (Å²) in [6.07, 6.45) is 0. The molecule has 6 nitrogen and oxygen atoms in total. The standard InChI is InChI=1S/C13H22N2O4S/c1-4-15(7-8-18-2)20(16,17)12-5-6-13(19-3)11(9-12)10-14/h5-6,9H,4,7-8,10,14H2,1-3H3. The van der Waals surface area contributed by atoms with E-state index in [0.717, 1.165) is 0 Å². The average Bonchev–Trinajstić information content (AvgIpc) is 2.46. The lowest BCUT2D eigenvalue weighted by Crippen LogP contribution is -2.33. The molecule has 1 rings (SSSR count). The van der Waals surface area contributed by atoms with Crippen molar-refractivity contribution in [3.63, 3.8) is 0 Å². The number of benzene rings is 1. The highest BCUT2D eigenvalue weighted by Gasteiger charge is 2.23. The molecule has 0 saturated heterocycles. The summed E-state index contributed by atoms with van der Waals surface area (Å²) in [6.45, 7) is 3.07. The molecule has 0 saturated carbocycles. The van der Waals surface area contributed by atoms with Crippen LogP contribution in [0.2, 0.25) is 0 Å². The van der Waals surface area contributed by atoms with Gasteiger partial charge in [-0.2, -0.15) is 4.31 Å². The van der Waals surface area contributed by atoms with Crippen LogP contribution in [-0.2, 0) is 21.3 Å². The number of likely N-dealkylation sites (N-methyl/N-ethyl adjacent to an activating group) is 1. The molecule has 0 heterocycles. The summed E-state index contributed by atoms with van der Waals surface area (Å²) < 4.78 is 36.5. The Morgan fingerprint density at radius 2 is 2.00 bits per heavy atom. The molecule has 0 radical (unpaired) electrons. The molecule has 0 aromatic heterocycles. The summed E-state index contributed by atoms with van der Waals surface area (Å²) >= 11 is 0. The second kappa shape index (κ2) is 7.58. The normalized spacial score (nSPS) is 11.8. The molecule has 114 valence electrons. The molecule has 0 spiro atoms. The van der Waals surface area contributed by atoms with Crippen LogP contribution < -0.4 is 10.5 Å². The maximum Gasteiger partial charge on any atom is 0.243 e. The summed E-state index contributed by atoms with van der Waals surface area (Å²) in [7, 11) is -0.469. The Morgan fingerprint density at radius 1 is 1.30 bits per heavy atom. The Kier molecular flexibility index (Phi) is 6.41. The molecule has 0 bridgehead atoms. The Balaban J connectivity index is 3.13. The summed E-state index contributed by atoms with van der Waals surface area (Å²) in [5.74, 6) is 0.589. The lowest BCUT2D eigenvalue weighted by molar-refractivity contribution is 0.180. The highest BCUT2D eigenvalue weighted by Crippen LogP contribution is 2.24. The van der Waals surface area contributed by atoms with Gasteiger partial charge >= 0.3 is 0 Å². The van der Waals surface area contributed by atoms with Crippen LogP contribution in [0.3, 0.4) is 0 Å². The van der Waals surface area contributed by atoms with Gasteiger partial charge in [-0.3, -0.25) is 0 Å². The first-order chi connectivity index (χ1) is 9.51. The molecule has 0 aliphatic carbocycles. The van der Waals surface area contributed by atoms with Gasteiger partial charge in [0.05, 0.1) is 18.6 Å². The number of hydrogen-bond donors (Lipinski definition) is 1. The summed E-state index contributed by atoms with van der Waals surface area (Å²) in [6, 6.07) is 4.71. The first kappa shape index (κ1) is 16.9. The van der Waals surface area contributed by atoms with E-state index in [1.54, 1.807) is 26.2 Å². The molecule has 0 atom stereocenters. The van der Waals surface area contributed by atoms with Gasteiger partial charge in [0.2, 0.25) is 10.0 Å². The zero-order valence-corrected chi connectivity index (χ0v) is 12.9. The first-order valence-corrected chi connectivity index (χ1v) is 7.81. The van der Waals surface area contributed by atoms with Gasteiger partial charge in [0.15, 0.2) is 0 Å². The van der Waals surface area contributed by atoms with Crippen LogP contribution in [0.15, 0.2) is 23.1 Å². The summed E-state index contributed by atoms with van der Waals surface area (Å²) in [5, 5.41) is 0. The van der Waals surface area contributed by atoms with Crippen molar-refractivity contribution in [2.75, 3.05) is 33.9 Å². The van der Waals surface area contributed by atoms with E-state index in [2.05, 4.69) is 0 Å². The van der Waals surface area contributed by atoms with E-state index < -0.39 is 10.0 Å². The Labute approximate surface area is 120 Å². The van der Waals surface area contributed by atoms with Crippen molar-refractivity contribution in [1.82, 2.24) is 4.31 Å². The van der Waals surface area contributed by atoms with Gasteiger partial charge in [0.1, 0.15) is 5.75 Å². The molecular weight excluding hydrogens is 280 g/mol. The van der Waals surface area contributed by atoms with Crippen LogP contribution >= 0.6 is 0 Å². The van der Waals surface area contributed by atoms with Crippen LogP contribution in [0.25, 0.3) is 0 Å². The van der Waals surface area contributed by atoms with E-state index in [4.69, 9.17) is 15.2 Å². The van der Waals surface area contributed by atoms with Crippen molar-refractivity contribution in [3.8, 4) is 5.75 Å². The monoisotopic (exact) mass is 302 g/mol. The molecule has 0 aliphatic heterocycles. The summed E-state index contributed by atoms with van der Waals surface area (Å²) in [4.78, 5) is 0.219. The molecule has 0 aliphatic rings. The first-order valence-electron chi connectivity index (χ1n) is 6.37. The van der Waals surface area contributed by atoms with Gasteiger partial charge < -0.3 is 15.2 Å². The second-order valence-electron chi connectivity index (χ2n) is 4.17. The molecular formula is C13H22N2O4S. The molecule has 2 N–H and O–H groups in total. The summed E-state index contributed by atoms with van der Waals surface area (Å²) in [5.41, 5.74) is 6.28. The van der Waals surface area contributed by atoms with Gasteiger partial charge in [0.25, 0.3) is 0 Å². The van der Waals surface area contributed by atoms with Gasteiger partial charge in [-0.05, 0) is 18.2 Å². The lowest BCUT2D eigenvalue weighted by atomic mass is 10.2. The van der Waals surface area contributed by atoms with Gasteiger partial charge in [0, 0.05) is 32.3 Å². The molecule has 0 amide bonds. The SMILES string of the molecule is CCN(CCOC)S(=O)(=O)c1ccc(OC)c(CN)c1. The van der Waals surface area contributed by atoms with Crippen LogP contribution in [0.5, 0.6) is 5.75 Å². The molecule has 1 aromatic carbocycles. The number of ether oxygens (including phenoxy) is 2. The van der Waals surface area contributed by atoms with E-state index in [1.165, 1.54) is 17.5 Å². The van der Waals surface area contributed by atoms with Crippen LogP contribution in [0.4, 0.5) is 0 Å². The van der Waals surface area contributed by atoms with E-state index in [-0.39, 0.29) is 11.4 Å². The number of sulfonamides is 1. The van der Waals surface area contributed by atoms with Crippen LogP contribution in [-0.4, -0.2) is 46.6 Å². The largest absolute Gasteiger partial charge is 0.496 e. The maximum absolute atomic E-state index is 12.5.